The summed E-state index contributed by atoms with van der Waals surface area (Å²) < 4.78 is 0. The van der Waals surface area contributed by atoms with Gasteiger partial charge in [0.05, 0.1) is 16.7 Å². The maximum atomic E-state index is 12.4. The number of para-hydroxylation sites is 3. The lowest BCUT2D eigenvalue weighted by atomic mass is 10.1. The Kier molecular flexibility index (Phi) is 3.51. The van der Waals surface area contributed by atoms with E-state index in [0.717, 1.165) is 16.6 Å². The van der Waals surface area contributed by atoms with Gasteiger partial charge in [0.2, 0.25) is 0 Å². The number of aromatic amines is 1. The molecule has 0 spiro atoms. The van der Waals surface area contributed by atoms with E-state index < -0.39 is 0 Å². The van der Waals surface area contributed by atoms with Crippen LogP contribution in [0.2, 0.25) is 0 Å². The highest BCUT2D eigenvalue weighted by molar-refractivity contribution is 6.04. The van der Waals surface area contributed by atoms with Gasteiger partial charge in [-0.25, -0.2) is 4.98 Å². The SMILES string of the molecule is O=C(Nc1ccccc1-c1nc2ccccc2[nH]1)c1ccccn1. The van der Waals surface area contributed by atoms with Crippen molar-refractivity contribution in [2.24, 2.45) is 0 Å². The number of amides is 1. The molecule has 2 heterocycles. The van der Waals surface area contributed by atoms with Crippen LogP contribution in [0.25, 0.3) is 22.4 Å². The van der Waals surface area contributed by atoms with Gasteiger partial charge in [-0.15, -0.1) is 0 Å². The Labute approximate surface area is 138 Å². The third-order valence-corrected chi connectivity index (χ3v) is 3.72. The van der Waals surface area contributed by atoms with E-state index in [9.17, 15) is 4.79 Å². The van der Waals surface area contributed by atoms with Crippen molar-refractivity contribution >= 4 is 22.6 Å². The van der Waals surface area contributed by atoms with Gasteiger partial charge in [0.1, 0.15) is 11.5 Å². The van der Waals surface area contributed by atoms with Crippen LogP contribution in [0.1, 0.15) is 10.5 Å². The molecule has 0 unspecified atom stereocenters. The molecule has 0 fully saturated rings. The predicted octanol–water partition coefficient (Wildman–Crippen LogP) is 3.88. The fourth-order valence-corrected chi connectivity index (χ4v) is 2.56. The Morgan fingerprint density at radius 1 is 0.917 bits per heavy atom. The second-order valence-electron chi connectivity index (χ2n) is 5.32. The number of anilines is 1. The fraction of sp³-hybridized carbons (Fsp3) is 0. The van der Waals surface area contributed by atoms with E-state index in [1.807, 2.05) is 48.5 Å². The number of rotatable bonds is 3. The lowest BCUT2D eigenvalue weighted by Crippen LogP contribution is -2.14. The summed E-state index contributed by atoms with van der Waals surface area (Å²) in [5.41, 5.74) is 3.74. The number of pyridine rings is 1. The highest BCUT2D eigenvalue weighted by Crippen LogP contribution is 2.27. The maximum Gasteiger partial charge on any atom is 0.274 e. The van der Waals surface area contributed by atoms with Crippen molar-refractivity contribution in [2.45, 2.75) is 0 Å². The number of hydrogen-bond donors (Lipinski definition) is 2. The van der Waals surface area contributed by atoms with Crippen LogP contribution in [0, 0.1) is 0 Å². The van der Waals surface area contributed by atoms with Crippen molar-refractivity contribution in [3.8, 4) is 11.4 Å². The third-order valence-electron chi connectivity index (χ3n) is 3.72. The van der Waals surface area contributed by atoms with Crippen LogP contribution >= 0.6 is 0 Å². The molecule has 2 N–H and O–H groups in total. The first-order chi connectivity index (χ1) is 11.8. The Balaban J connectivity index is 1.71. The second-order valence-corrected chi connectivity index (χ2v) is 5.32. The summed E-state index contributed by atoms with van der Waals surface area (Å²) in [6.45, 7) is 0. The summed E-state index contributed by atoms with van der Waals surface area (Å²) in [5.74, 6) is 0.465. The Hall–Kier alpha value is -3.47. The van der Waals surface area contributed by atoms with Gasteiger partial charge >= 0.3 is 0 Å². The largest absolute Gasteiger partial charge is 0.338 e. The molecule has 5 nitrogen and oxygen atoms in total. The number of hydrogen-bond acceptors (Lipinski definition) is 3. The van der Waals surface area contributed by atoms with Crippen LogP contribution < -0.4 is 5.32 Å². The van der Waals surface area contributed by atoms with Crippen LogP contribution in [-0.4, -0.2) is 20.9 Å². The molecule has 4 aromatic rings. The average Bonchev–Trinajstić information content (AvgIpc) is 3.07. The minimum absolute atomic E-state index is 0.251. The molecule has 24 heavy (non-hydrogen) atoms. The number of aromatic nitrogens is 3. The van der Waals surface area contributed by atoms with Crippen LogP contribution in [-0.2, 0) is 0 Å². The lowest BCUT2D eigenvalue weighted by Gasteiger charge is -2.09. The van der Waals surface area contributed by atoms with Crippen molar-refractivity contribution in [2.75, 3.05) is 5.32 Å². The number of nitrogens with zero attached hydrogens (tertiary/aromatic N) is 2. The summed E-state index contributed by atoms with van der Waals surface area (Å²) in [6, 6.07) is 20.6. The number of fused-ring (bicyclic) bond motifs is 1. The van der Waals surface area contributed by atoms with Gasteiger partial charge in [-0.3, -0.25) is 9.78 Å². The van der Waals surface area contributed by atoms with E-state index in [4.69, 9.17) is 0 Å². The van der Waals surface area contributed by atoms with Crippen molar-refractivity contribution < 1.29 is 4.79 Å². The summed E-state index contributed by atoms with van der Waals surface area (Å²) >= 11 is 0. The van der Waals surface area contributed by atoms with E-state index in [0.29, 0.717) is 17.2 Å². The van der Waals surface area contributed by atoms with Gasteiger partial charge in [0.15, 0.2) is 0 Å². The number of carbonyl (C=O) groups is 1. The first-order valence-corrected chi connectivity index (χ1v) is 7.58. The van der Waals surface area contributed by atoms with Crippen molar-refractivity contribution in [1.82, 2.24) is 15.0 Å². The third kappa shape index (κ3) is 2.63. The minimum Gasteiger partial charge on any atom is -0.338 e. The molecule has 0 bridgehead atoms. The van der Waals surface area contributed by atoms with Crippen molar-refractivity contribution in [1.29, 1.82) is 0 Å². The van der Waals surface area contributed by atoms with Gasteiger partial charge in [-0.05, 0) is 36.4 Å². The summed E-state index contributed by atoms with van der Waals surface area (Å²) in [4.78, 5) is 24.3. The van der Waals surface area contributed by atoms with Crippen molar-refractivity contribution in [3.05, 3.63) is 78.6 Å². The number of imidazole rings is 1. The van der Waals surface area contributed by atoms with Gasteiger partial charge in [-0.2, -0.15) is 0 Å². The molecular formula is C19H14N4O. The number of nitrogens with one attached hydrogen (secondary N) is 2. The molecule has 2 aromatic heterocycles. The molecule has 0 saturated carbocycles. The van der Waals surface area contributed by atoms with Crippen LogP contribution in [0.15, 0.2) is 72.9 Å². The van der Waals surface area contributed by atoms with Gasteiger partial charge in [-0.1, -0.05) is 30.3 Å². The van der Waals surface area contributed by atoms with E-state index in [-0.39, 0.29) is 5.91 Å². The van der Waals surface area contributed by atoms with Crippen LogP contribution in [0.5, 0.6) is 0 Å². The van der Waals surface area contributed by atoms with Gasteiger partial charge < -0.3 is 10.3 Å². The molecule has 2 aromatic carbocycles. The maximum absolute atomic E-state index is 12.4. The predicted molar refractivity (Wildman–Crippen MR) is 93.7 cm³/mol. The summed E-state index contributed by atoms with van der Waals surface area (Å²) in [5, 5.41) is 2.91. The molecule has 0 aliphatic carbocycles. The van der Waals surface area contributed by atoms with Gasteiger partial charge in [0, 0.05) is 11.8 Å². The Bertz CT molecular complexity index is 975. The smallest absolute Gasteiger partial charge is 0.274 e. The number of H-pyrrole nitrogens is 1. The molecule has 5 heteroatoms. The molecule has 4 rings (SSSR count). The average molecular weight is 314 g/mol. The molecule has 0 saturated heterocycles. The van der Waals surface area contributed by atoms with E-state index in [2.05, 4.69) is 20.3 Å². The zero-order chi connectivity index (χ0) is 16.4. The topological polar surface area (TPSA) is 70.7 Å². The standard InChI is InChI=1S/C19H14N4O/c24-19(17-11-5-6-12-20-17)23-14-8-2-1-7-13(14)18-21-15-9-3-4-10-16(15)22-18/h1-12H,(H,21,22)(H,23,24). The summed E-state index contributed by atoms with van der Waals surface area (Å²) in [6.07, 6.45) is 1.60. The highest BCUT2D eigenvalue weighted by Gasteiger charge is 2.13. The van der Waals surface area contributed by atoms with Crippen molar-refractivity contribution in [3.63, 3.8) is 0 Å². The van der Waals surface area contributed by atoms with Crippen LogP contribution in [0.4, 0.5) is 5.69 Å². The van der Waals surface area contributed by atoms with Crippen LogP contribution in [0.3, 0.4) is 0 Å². The van der Waals surface area contributed by atoms with E-state index >= 15 is 0 Å². The van der Waals surface area contributed by atoms with Gasteiger partial charge in [0.25, 0.3) is 5.91 Å². The Morgan fingerprint density at radius 3 is 2.54 bits per heavy atom. The fourth-order valence-electron chi connectivity index (χ4n) is 2.56. The first kappa shape index (κ1) is 14.1. The first-order valence-electron chi connectivity index (χ1n) is 7.58. The highest BCUT2D eigenvalue weighted by atomic mass is 16.1. The van der Waals surface area contributed by atoms with E-state index in [1.54, 1.807) is 24.4 Å². The lowest BCUT2D eigenvalue weighted by molar-refractivity contribution is 0.102. The minimum atomic E-state index is -0.251. The number of carbonyl (C=O) groups excluding carboxylic acids is 1. The molecule has 0 aliphatic heterocycles. The molecular weight excluding hydrogens is 300 g/mol. The molecule has 1 amide bonds. The molecule has 116 valence electrons. The molecule has 0 aliphatic rings. The number of benzene rings is 2. The molecule has 0 radical (unpaired) electrons. The normalized spacial score (nSPS) is 10.7. The summed E-state index contributed by atoms with van der Waals surface area (Å²) in [7, 11) is 0. The second kappa shape index (κ2) is 5.96. The Morgan fingerprint density at radius 2 is 1.71 bits per heavy atom. The molecule has 0 atom stereocenters. The zero-order valence-electron chi connectivity index (χ0n) is 12.7. The monoisotopic (exact) mass is 314 g/mol. The zero-order valence-corrected chi connectivity index (χ0v) is 12.7. The quantitative estimate of drug-likeness (QED) is 0.603. The van der Waals surface area contributed by atoms with E-state index in [1.165, 1.54) is 0 Å².